The highest BCUT2D eigenvalue weighted by atomic mass is 79.9. The second-order valence-corrected chi connectivity index (χ2v) is 7.20. The van der Waals surface area contributed by atoms with Crippen molar-refractivity contribution in [3.8, 4) is 0 Å². The van der Waals surface area contributed by atoms with Crippen molar-refractivity contribution in [2.24, 2.45) is 23.7 Å². The van der Waals surface area contributed by atoms with Crippen molar-refractivity contribution < 1.29 is 0 Å². The zero-order valence-corrected chi connectivity index (χ0v) is 12.0. The summed E-state index contributed by atoms with van der Waals surface area (Å²) in [6, 6.07) is 6.99. The first-order valence-electron chi connectivity index (χ1n) is 7.01. The van der Waals surface area contributed by atoms with E-state index >= 15 is 0 Å². The Morgan fingerprint density at radius 2 is 1.89 bits per heavy atom. The molecule has 0 radical (unpaired) electrons. The van der Waals surface area contributed by atoms with Crippen molar-refractivity contribution in [3.05, 3.63) is 28.2 Å². The van der Waals surface area contributed by atoms with E-state index in [1.807, 2.05) is 6.07 Å². The van der Waals surface area contributed by atoms with Gasteiger partial charge in [0.25, 0.3) is 0 Å². The highest BCUT2D eigenvalue weighted by Gasteiger charge is 2.64. The molecule has 0 amide bonds. The van der Waals surface area contributed by atoms with Crippen molar-refractivity contribution in [2.75, 3.05) is 5.73 Å². The smallest absolute Gasteiger partial charge is 0.0328 e. The molecule has 3 aliphatic rings. The zero-order chi connectivity index (χ0) is 12.3. The highest BCUT2D eigenvalue weighted by Crippen LogP contribution is 2.65. The Bertz CT molecular complexity index is 451. The summed E-state index contributed by atoms with van der Waals surface area (Å²) in [5.41, 5.74) is 8.01. The van der Waals surface area contributed by atoms with E-state index in [1.165, 1.54) is 24.8 Å². The van der Waals surface area contributed by atoms with Gasteiger partial charge in [0.15, 0.2) is 0 Å². The first-order chi connectivity index (χ1) is 8.72. The van der Waals surface area contributed by atoms with Gasteiger partial charge in [-0.25, -0.2) is 0 Å². The Morgan fingerprint density at radius 1 is 1.17 bits per heavy atom. The van der Waals surface area contributed by atoms with Crippen molar-refractivity contribution >= 4 is 21.6 Å². The maximum atomic E-state index is 5.87. The van der Waals surface area contributed by atoms with Gasteiger partial charge in [0.05, 0.1) is 0 Å². The van der Waals surface area contributed by atoms with E-state index in [-0.39, 0.29) is 0 Å². The highest BCUT2D eigenvalue weighted by molar-refractivity contribution is 9.10. The summed E-state index contributed by atoms with van der Waals surface area (Å²) in [6.45, 7) is 0.959. The number of nitrogens with two attached hydrogens (primary N) is 1. The van der Waals surface area contributed by atoms with E-state index in [4.69, 9.17) is 5.73 Å². The fraction of sp³-hybridized carbons (Fsp3) is 0.600. The molecule has 3 aliphatic carbocycles. The molecule has 2 bridgehead atoms. The molecule has 3 heteroatoms. The lowest BCUT2D eigenvalue weighted by atomic mass is 10.0. The minimum atomic E-state index is 0.802. The predicted octanol–water partition coefficient (Wildman–Crippen LogP) is 3.17. The van der Waals surface area contributed by atoms with Crippen LogP contribution in [-0.4, -0.2) is 6.04 Å². The van der Waals surface area contributed by atoms with Gasteiger partial charge in [0, 0.05) is 22.7 Å². The fourth-order valence-corrected chi connectivity index (χ4v) is 5.17. The Morgan fingerprint density at radius 3 is 2.56 bits per heavy atom. The fourth-order valence-electron chi connectivity index (χ4n) is 4.61. The first-order valence-corrected chi connectivity index (χ1v) is 7.80. The van der Waals surface area contributed by atoms with Crippen LogP contribution in [0.1, 0.15) is 24.8 Å². The molecule has 2 nitrogen and oxygen atoms in total. The van der Waals surface area contributed by atoms with Crippen molar-refractivity contribution in [2.45, 2.75) is 31.8 Å². The minimum absolute atomic E-state index is 0.802. The molecule has 0 saturated heterocycles. The van der Waals surface area contributed by atoms with Crippen LogP contribution in [-0.2, 0) is 6.54 Å². The number of nitrogen functional groups attached to an aromatic ring is 1. The molecule has 3 N–H and O–H groups in total. The number of benzene rings is 1. The lowest BCUT2D eigenvalue weighted by Gasteiger charge is -2.11. The van der Waals surface area contributed by atoms with Crippen LogP contribution in [0.5, 0.6) is 0 Å². The van der Waals surface area contributed by atoms with Crippen molar-refractivity contribution in [1.82, 2.24) is 5.32 Å². The van der Waals surface area contributed by atoms with Crippen LogP contribution in [0.15, 0.2) is 22.7 Å². The SMILES string of the molecule is Nc1cc(Br)cc(CNC2C3C4CCC(C4)C23)c1. The molecule has 18 heavy (non-hydrogen) atoms. The first kappa shape index (κ1) is 11.3. The number of hydrogen-bond donors (Lipinski definition) is 2. The third-order valence-electron chi connectivity index (χ3n) is 5.26. The molecule has 4 unspecified atom stereocenters. The van der Waals surface area contributed by atoms with E-state index in [9.17, 15) is 0 Å². The van der Waals surface area contributed by atoms with E-state index in [1.54, 1.807) is 0 Å². The summed E-state index contributed by atoms with van der Waals surface area (Å²) in [4.78, 5) is 0. The largest absolute Gasteiger partial charge is 0.399 e. The van der Waals surface area contributed by atoms with Crippen LogP contribution in [0.25, 0.3) is 0 Å². The lowest BCUT2D eigenvalue weighted by Crippen LogP contribution is -2.22. The number of fused-ring (bicyclic) bond motifs is 5. The third kappa shape index (κ3) is 1.71. The second-order valence-electron chi connectivity index (χ2n) is 6.29. The van der Waals surface area contributed by atoms with Crippen LogP contribution < -0.4 is 11.1 Å². The molecule has 1 aromatic carbocycles. The number of nitrogens with one attached hydrogen (secondary N) is 1. The molecule has 0 aromatic heterocycles. The summed E-state index contributed by atoms with van der Waals surface area (Å²) < 4.78 is 1.08. The van der Waals surface area contributed by atoms with Gasteiger partial charge in [-0.15, -0.1) is 0 Å². The van der Waals surface area contributed by atoms with Gasteiger partial charge in [-0.1, -0.05) is 15.9 Å². The molecule has 3 fully saturated rings. The van der Waals surface area contributed by atoms with E-state index in [0.29, 0.717) is 0 Å². The Balaban J connectivity index is 1.40. The third-order valence-corrected chi connectivity index (χ3v) is 5.71. The maximum absolute atomic E-state index is 5.87. The van der Waals surface area contributed by atoms with Crippen LogP contribution in [0.3, 0.4) is 0 Å². The second kappa shape index (κ2) is 3.97. The monoisotopic (exact) mass is 306 g/mol. The maximum Gasteiger partial charge on any atom is 0.0328 e. The molecular formula is C15H19BrN2. The molecule has 4 rings (SSSR count). The van der Waals surface area contributed by atoms with Crippen LogP contribution >= 0.6 is 15.9 Å². The normalized spacial score (nSPS) is 39.9. The van der Waals surface area contributed by atoms with Gasteiger partial charge >= 0.3 is 0 Å². The summed E-state index contributed by atoms with van der Waals surface area (Å²) in [5, 5.41) is 3.75. The lowest BCUT2D eigenvalue weighted by molar-refractivity contribution is 0.456. The number of halogens is 1. The molecule has 0 spiro atoms. The minimum Gasteiger partial charge on any atom is -0.399 e. The number of anilines is 1. The zero-order valence-electron chi connectivity index (χ0n) is 10.4. The molecule has 0 heterocycles. The van der Waals surface area contributed by atoms with Gasteiger partial charge in [-0.3, -0.25) is 0 Å². The van der Waals surface area contributed by atoms with E-state index in [2.05, 4.69) is 33.4 Å². The van der Waals surface area contributed by atoms with Gasteiger partial charge < -0.3 is 11.1 Å². The predicted molar refractivity (Wildman–Crippen MR) is 77.0 cm³/mol. The van der Waals surface area contributed by atoms with Crippen molar-refractivity contribution in [3.63, 3.8) is 0 Å². The van der Waals surface area contributed by atoms with Crippen LogP contribution in [0, 0.1) is 23.7 Å². The van der Waals surface area contributed by atoms with Crippen LogP contribution in [0.2, 0.25) is 0 Å². The summed E-state index contributed by atoms with van der Waals surface area (Å²) in [5.74, 6) is 4.11. The summed E-state index contributed by atoms with van der Waals surface area (Å²) in [6.07, 6.45) is 4.51. The van der Waals surface area contributed by atoms with Crippen LogP contribution in [0.4, 0.5) is 5.69 Å². The van der Waals surface area contributed by atoms with E-state index in [0.717, 1.165) is 46.4 Å². The van der Waals surface area contributed by atoms with Gasteiger partial charge in [0.1, 0.15) is 0 Å². The number of rotatable bonds is 3. The molecular weight excluding hydrogens is 288 g/mol. The average Bonchev–Trinajstić information content (AvgIpc) is 2.71. The molecule has 1 aromatic rings. The standard InChI is InChI=1S/C15H19BrN2/c16-11-3-8(4-12(17)6-11)7-18-15-13-9-1-2-10(5-9)14(13)15/h3-4,6,9-10,13-15,18H,1-2,5,7,17H2. The molecule has 3 saturated carbocycles. The van der Waals surface area contributed by atoms with Gasteiger partial charge in [0.2, 0.25) is 0 Å². The Hall–Kier alpha value is -0.540. The Kier molecular flexibility index (Phi) is 2.50. The Labute approximate surface area is 116 Å². The number of hydrogen-bond acceptors (Lipinski definition) is 2. The molecule has 0 aliphatic heterocycles. The van der Waals surface area contributed by atoms with Gasteiger partial charge in [-0.05, 0) is 66.7 Å². The van der Waals surface area contributed by atoms with E-state index < -0.39 is 0 Å². The topological polar surface area (TPSA) is 38.0 Å². The molecule has 96 valence electrons. The summed E-state index contributed by atoms with van der Waals surface area (Å²) >= 11 is 3.51. The average molecular weight is 307 g/mol. The molecule has 4 atom stereocenters. The quantitative estimate of drug-likeness (QED) is 0.842. The summed E-state index contributed by atoms with van der Waals surface area (Å²) in [7, 11) is 0. The van der Waals surface area contributed by atoms with Gasteiger partial charge in [-0.2, -0.15) is 0 Å². The van der Waals surface area contributed by atoms with Crippen molar-refractivity contribution in [1.29, 1.82) is 0 Å².